The molecule has 0 aliphatic rings. The molecular weight excluding hydrogens is 190 g/mol. The summed E-state index contributed by atoms with van der Waals surface area (Å²) in [6.07, 6.45) is 0. The quantitative estimate of drug-likeness (QED) is 0.562. The summed E-state index contributed by atoms with van der Waals surface area (Å²) in [7, 11) is 0. The van der Waals surface area contributed by atoms with Gasteiger partial charge in [0.15, 0.2) is 0 Å². The highest BCUT2D eigenvalue weighted by atomic mass is 32.1. The van der Waals surface area contributed by atoms with Crippen molar-refractivity contribution in [2.45, 2.75) is 44.4 Å². The maximum absolute atomic E-state index is 6.12. The van der Waals surface area contributed by atoms with Gasteiger partial charge in [-0.05, 0) is 35.1 Å². The molecule has 0 fully saturated rings. The fourth-order valence-corrected chi connectivity index (χ4v) is 1.92. The monoisotopic (exact) mass is 209 g/mol. The van der Waals surface area contributed by atoms with Crippen molar-refractivity contribution in [1.29, 1.82) is 0 Å². The number of hydrogen-bond acceptors (Lipinski definition) is 2. The molecular formula is C12H19NS. The SMILES string of the molecule is CC(C)c1cc(S)cc(C(C)C)c1N. The van der Waals surface area contributed by atoms with Crippen LogP contribution in [0.1, 0.15) is 50.7 Å². The van der Waals surface area contributed by atoms with E-state index in [0.717, 1.165) is 10.6 Å². The lowest BCUT2D eigenvalue weighted by molar-refractivity contribution is 0.833. The molecule has 0 radical (unpaired) electrons. The van der Waals surface area contributed by atoms with Crippen LogP contribution in [0.5, 0.6) is 0 Å². The second-order valence-electron chi connectivity index (χ2n) is 4.35. The third kappa shape index (κ3) is 2.24. The second-order valence-corrected chi connectivity index (χ2v) is 4.86. The van der Waals surface area contributed by atoms with E-state index in [1.54, 1.807) is 0 Å². The zero-order chi connectivity index (χ0) is 10.9. The molecule has 0 spiro atoms. The Bertz CT molecular complexity index is 300. The van der Waals surface area contributed by atoms with Crippen LogP contribution in [-0.2, 0) is 0 Å². The molecule has 0 aliphatic heterocycles. The van der Waals surface area contributed by atoms with E-state index >= 15 is 0 Å². The van der Waals surface area contributed by atoms with E-state index in [9.17, 15) is 0 Å². The summed E-state index contributed by atoms with van der Waals surface area (Å²) >= 11 is 4.40. The van der Waals surface area contributed by atoms with Crippen molar-refractivity contribution in [2.24, 2.45) is 0 Å². The highest BCUT2D eigenvalue weighted by Crippen LogP contribution is 2.32. The average Bonchev–Trinajstić information content (AvgIpc) is 2.07. The van der Waals surface area contributed by atoms with Gasteiger partial charge >= 0.3 is 0 Å². The standard InChI is InChI=1S/C12H19NS/c1-7(2)10-5-9(14)6-11(8(3)4)12(10)13/h5-8,14H,13H2,1-4H3. The van der Waals surface area contributed by atoms with Crippen LogP contribution in [0, 0.1) is 0 Å². The first kappa shape index (κ1) is 11.4. The molecule has 0 amide bonds. The molecule has 0 aliphatic carbocycles. The zero-order valence-electron chi connectivity index (χ0n) is 9.33. The van der Waals surface area contributed by atoms with Crippen molar-refractivity contribution < 1.29 is 0 Å². The molecule has 0 atom stereocenters. The number of benzene rings is 1. The fourth-order valence-electron chi connectivity index (χ4n) is 1.64. The molecule has 0 unspecified atom stereocenters. The van der Waals surface area contributed by atoms with Gasteiger partial charge < -0.3 is 5.73 Å². The van der Waals surface area contributed by atoms with Crippen molar-refractivity contribution >= 4 is 18.3 Å². The Morgan fingerprint density at radius 2 is 1.36 bits per heavy atom. The predicted molar refractivity (Wildman–Crippen MR) is 66.3 cm³/mol. The van der Waals surface area contributed by atoms with Gasteiger partial charge in [0, 0.05) is 10.6 Å². The largest absolute Gasteiger partial charge is 0.398 e. The number of anilines is 1. The zero-order valence-corrected chi connectivity index (χ0v) is 10.2. The van der Waals surface area contributed by atoms with E-state index in [-0.39, 0.29) is 0 Å². The van der Waals surface area contributed by atoms with Gasteiger partial charge in [0.2, 0.25) is 0 Å². The van der Waals surface area contributed by atoms with E-state index in [1.165, 1.54) is 11.1 Å². The molecule has 2 heteroatoms. The lowest BCUT2D eigenvalue weighted by atomic mass is 9.93. The van der Waals surface area contributed by atoms with Gasteiger partial charge in [0.25, 0.3) is 0 Å². The number of rotatable bonds is 2. The summed E-state index contributed by atoms with van der Waals surface area (Å²) in [4.78, 5) is 1.01. The first-order valence-corrected chi connectivity index (χ1v) is 5.50. The van der Waals surface area contributed by atoms with Crippen LogP contribution in [-0.4, -0.2) is 0 Å². The highest BCUT2D eigenvalue weighted by Gasteiger charge is 2.11. The molecule has 1 aromatic rings. The minimum absolute atomic E-state index is 0.458. The van der Waals surface area contributed by atoms with Crippen molar-refractivity contribution in [3.8, 4) is 0 Å². The minimum atomic E-state index is 0.458. The van der Waals surface area contributed by atoms with E-state index < -0.39 is 0 Å². The Labute approximate surface area is 92.1 Å². The van der Waals surface area contributed by atoms with Crippen LogP contribution in [0.4, 0.5) is 5.69 Å². The maximum atomic E-state index is 6.12. The second kappa shape index (κ2) is 4.26. The van der Waals surface area contributed by atoms with E-state index in [0.29, 0.717) is 11.8 Å². The van der Waals surface area contributed by atoms with E-state index in [2.05, 4.69) is 52.5 Å². The lowest BCUT2D eigenvalue weighted by Crippen LogP contribution is -2.03. The van der Waals surface area contributed by atoms with Gasteiger partial charge in [0.1, 0.15) is 0 Å². The Morgan fingerprint density at radius 3 is 1.64 bits per heavy atom. The fraction of sp³-hybridized carbons (Fsp3) is 0.500. The Hall–Kier alpha value is -0.630. The smallest absolute Gasteiger partial charge is 0.0385 e. The van der Waals surface area contributed by atoms with Crippen molar-refractivity contribution in [3.05, 3.63) is 23.3 Å². The van der Waals surface area contributed by atoms with Crippen LogP contribution in [0.25, 0.3) is 0 Å². The van der Waals surface area contributed by atoms with Gasteiger partial charge in [0.05, 0.1) is 0 Å². The van der Waals surface area contributed by atoms with E-state index in [1.807, 2.05) is 0 Å². The van der Waals surface area contributed by atoms with Crippen LogP contribution in [0.2, 0.25) is 0 Å². The molecule has 0 bridgehead atoms. The summed E-state index contributed by atoms with van der Waals surface area (Å²) in [6.45, 7) is 8.62. The van der Waals surface area contributed by atoms with Crippen LogP contribution in [0.3, 0.4) is 0 Å². The Morgan fingerprint density at radius 1 is 1.00 bits per heavy atom. The van der Waals surface area contributed by atoms with Crippen LogP contribution >= 0.6 is 12.6 Å². The molecule has 2 N–H and O–H groups in total. The summed E-state index contributed by atoms with van der Waals surface area (Å²) in [5.41, 5.74) is 9.48. The van der Waals surface area contributed by atoms with Crippen molar-refractivity contribution in [1.82, 2.24) is 0 Å². The van der Waals surface area contributed by atoms with Crippen LogP contribution in [0.15, 0.2) is 17.0 Å². The number of hydrogen-bond donors (Lipinski definition) is 2. The first-order chi connectivity index (χ1) is 6.43. The molecule has 1 nitrogen and oxygen atoms in total. The molecule has 0 saturated heterocycles. The molecule has 78 valence electrons. The number of nitrogens with two attached hydrogens (primary N) is 1. The molecule has 14 heavy (non-hydrogen) atoms. The normalized spacial score (nSPS) is 11.4. The molecule has 0 saturated carbocycles. The average molecular weight is 209 g/mol. The van der Waals surface area contributed by atoms with Gasteiger partial charge in [-0.2, -0.15) is 0 Å². The molecule has 1 rings (SSSR count). The van der Waals surface area contributed by atoms with Gasteiger partial charge in [-0.3, -0.25) is 0 Å². The third-order valence-corrected chi connectivity index (χ3v) is 2.73. The summed E-state index contributed by atoms with van der Waals surface area (Å²) in [5.74, 6) is 0.916. The predicted octanol–water partition coefficient (Wildman–Crippen LogP) is 3.80. The Balaban J connectivity index is 3.32. The van der Waals surface area contributed by atoms with Gasteiger partial charge in [-0.15, -0.1) is 12.6 Å². The molecule has 0 heterocycles. The topological polar surface area (TPSA) is 26.0 Å². The number of nitrogen functional groups attached to an aromatic ring is 1. The summed E-state index contributed by atoms with van der Waals surface area (Å²) in [6, 6.07) is 4.13. The van der Waals surface area contributed by atoms with Crippen molar-refractivity contribution in [2.75, 3.05) is 5.73 Å². The first-order valence-electron chi connectivity index (χ1n) is 5.05. The van der Waals surface area contributed by atoms with Gasteiger partial charge in [-0.25, -0.2) is 0 Å². The third-order valence-electron chi connectivity index (χ3n) is 2.47. The van der Waals surface area contributed by atoms with Crippen LogP contribution < -0.4 is 5.73 Å². The summed E-state index contributed by atoms with van der Waals surface area (Å²) < 4.78 is 0. The molecule has 1 aromatic carbocycles. The lowest BCUT2D eigenvalue weighted by Gasteiger charge is -2.17. The number of thiol groups is 1. The molecule has 0 aromatic heterocycles. The van der Waals surface area contributed by atoms with E-state index in [4.69, 9.17) is 5.73 Å². The maximum Gasteiger partial charge on any atom is 0.0385 e. The minimum Gasteiger partial charge on any atom is -0.398 e. The van der Waals surface area contributed by atoms with Crippen molar-refractivity contribution in [3.63, 3.8) is 0 Å². The Kier molecular flexibility index (Phi) is 3.48. The summed E-state index contributed by atoms with van der Waals surface area (Å²) in [5, 5.41) is 0. The highest BCUT2D eigenvalue weighted by molar-refractivity contribution is 7.80. The van der Waals surface area contributed by atoms with Gasteiger partial charge in [-0.1, -0.05) is 27.7 Å².